The quantitative estimate of drug-likeness (QED) is 0.720. The Morgan fingerprint density at radius 1 is 1.08 bits per heavy atom. The molecule has 0 saturated carbocycles. The number of H-pyrrole nitrogens is 1. The van der Waals surface area contributed by atoms with Gasteiger partial charge in [-0.05, 0) is 47.9 Å². The zero-order valence-electron chi connectivity index (χ0n) is 13.6. The van der Waals surface area contributed by atoms with Crippen LogP contribution < -0.4 is 10.1 Å². The van der Waals surface area contributed by atoms with Gasteiger partial charge in [0.15, 0.2) is 0 Å². The molecule has 1 aliphatic heterocycles. The second-order valence-electron chi connectivity index (χ2n) is 6.19. The van der Waals surface area contributed by atoms with E-state index < -0.39 is 11.7 Å². The summed E-state index contributed by atoms with van der Waals surface area (Å²) in [5, 5.41) is 4.50. The van der Waals surface area contributed by atoms with Crippen molar-refractivity contribution in [3.05, 3.63) is 64.8 Å². The van der Waals surface area contributed by atoms with E-state index in [4.69, 9.17) is 4.74 Å². The van der Waals surface area contributed by atoms with Gasteiger partial charge in [0.05, 0.1) is 18.7 Å². The molecule has 1 atom stereocenters. The number of benzene rings is 2. The van der Waals surface area contributed by atoms with Gasteiger partial charge in [-0.2, -0.15) is 13.2 Å². The largest absolute Gasteiger partial charge is 0.497 e. The van der Waals surface area contributed by atoms with E-state index in [1.54, 1.807) is 19.2 Å². The first kappa shape index (κ1) is 16.0. The van der Waals surface area contributed by atoms with Gasteiger partial charge in [-0.1, -0.05) is 12.1 Å². The highest BCUT2D eigenvalue weighted by atomic mass is 19.4. The Bertz CT molecular complexity index is 913. The molecule has 3 nitrogen and oxygen atoms in total. The van der Waals surface area contributed by atoms with Crippen LogP contribution in [0.15, 0.2) is 42.5 Å². The first-order valence-corrected chi connectivity index (χ1v) is 8.06. The summed E-state index contributed by atoms with van der Waals surface area (Å²) < 4.78 is 43.6. The summed E-state index contributed by atoms with van der Waals surface area (Å²) in [6, 6.07) is 11.1. The minimum Gasteiger partial charge on any atom is -0.497 e. The second kappa shape index (κ2) is 5.81. The Morgan fingerprint density at radius 3 is 2.52 bits per heavy atom. The number of hydrogen-bond donors (Lipinski definition) is 2. The monoisotopic (exact) mass is 346 g/mol. The van der Waals surface area contributed by atoms with Crippen molar-refractivity contribution in [2.75, 3.05) is 13.7 Å². The molecule has 25 heavy (non-hydrogen) atoms. The van der Waals surface area contributed by atoms with Crippen LogP contribution in [0.4, 0.5) is 13.2 Å². The third-order valence-electron chi connectivity index (χ3n) is 4.73. The third-order valence-corrected chi connectivity index (χ3v) is 4.73. The van der Waals surface area contributed by atoms with Crippen LogP contribution in [0.2, 0.25) is 0 Å². The van der Waals surface area contributed by atoms with Gasteiger partial charge in [0.25, 0.3) is 0 Å². The predicted octanol–water partition coefficient (Wildman–Crippen LogP) is 4.43. The second-order valence-corrected chi connectivity index (χ2v) is 6.19. The maximum atomic E-state index is 12.8. The van der Waals surface area contributed by atoms with E-state index in [-0.39, 0.29) is 6.04 Å². The highest BCUT2D eigenvalue weighted by molar-refractivity contribution is 5.86. The summed E-state index contributed by atoms with van der Waals surface area (Å²) in [6.45, 7) is 0.767. The number of fused-ring (bicyclic) bond motifs is 3. The number of halogens is 3. The van der Waals surface area contributed by atoms with Gasteiger partial charge < -0.3 is 15.0 Å². The Labute approximate surface area is 142 Å². The molecular weight excluding hydrogens is 329 g/mol. The number of nitrogens with one attached hydrogen (secondary N) is 2. The molecule has 0 amide bonds. The van der Waals surface area contributed by atoms with Crippen molar-refractivity contribution in [3.8, 4) is 5.75 Å². The zero-order chi connectivity index (χ0) is 17.6. The molecule has 0 bridgehead atoms. The molecule has 0 radical (unpaired) electrons. The maximum absolute atomic E-state index is 12.8. The zero-order valence-corrected chi connectivity index (χ0v) is 13.6. The van der Waals surface area contributed by atoms with Gasteiger partial charge in [0, 0.05) is 23.1 Å². The molecule has 1 unspecified atom stereocenters. The fraction of sp³-hybridized carbons (Fsp3) is 0.263. The highest BCUT2D eigenvalue weighted by Crippen LogP contribution is 2.36. The number of aromatic amines is 1. The first-order valence-electron chi connectivity index (χ1n) is 8.06. The van der Waals surface area contributed by atoms with E-state index >= 15 is 0 Å². The predicted molar refractivity (Wildman–Crippen MR) is 89.8 cm³/mol. The molecule has 2 aromatic carbocycles. The lowest BCUT2D eigenvalue weighted by atomic mass is 9.94. The van der Waals surface area contributed by atoms with Crippen molar-refractivity contribution in [1.82, 2.24) is 10.3 Å². The molecule has 6 heteroatoms. The Hall–Kier alpha value is -2.47. The maximum Gasteiger partial charge on any atom is 0.416 e. The molecule has 2 heterocycles. The van der Waals surface area contributed by atoms with E-state index in [0.717, 1.165) is 53.0 Å². The normalized spacial score (nSPS) is 17.5. The van der Waals surface area contributed by atoms with Crippen molar-refractivity contribution in [1.29, 1.82) is 0 Å². The van der Waals surface area contributed by atoms with E-state index in [0.29, 0.717) is 0 Å². The number of aromatic nitrogens is 1. The number of alkyl halides is 3. The van der Waals surface area contributed by atoms with Crippen molar-refractivity contribution in [2.24, 2.45) is 0 Å². The van der Waals surface area contributed by atoms with Crippen LogP contribution in [0.5, 0.6) is 5.75 Å². The van der Waals surface area contributed by atoms with E-state index in [1.165, 1.54) is 5.56 Å². The van der Waals surface area contributed by atoms with Crippen LogP contribution in [0.25, 0.3) is 10.9 Å². The minimum atomic E-state index is -4.32. The van der Waals surface area contributed by atoms with Crippen molar-refractivity contribution >= 4 is 10.9 Å². The number of rotatable bonds is 2. The summed E-state index contributed by atoms with van der Waals surface area (Å²) in [4.78, 5) is 3.42. The fourth-order valence-electron chi connectivity index (χ4n) is 3.48. The first-order chi connectivity index (χ1) is 12.0. The topological polar surface area (TPSA) is 37.0 Å². The van der Waals surface area contributed by atoms with Crippen molar-refractivity contribution < 1.29 is 17.9 Å². The Morgan fingerprint density at radius 2 is 1.84 bits per heavy atom. The Balaban J connectivity index is 1.77. The van der Waals surface area contributed by atoms with Crippen LogP contribution in [-0.2, 0) is 12.6 Å². The number of hydrogen-bond acceptors (Lipinski definition) is 2. The molecule has 0 aliphatic carbocycles. The summed E-state index contributed by atoms with van der Waals surface area (Å²) in [7, 11) is 1.63. The lowest BCUT2D eigenvalue weighted by Gasteiger charge is -2.25. The Kier molecular flexibility index (Phi) is 3.72. The van der Waals surface area contributed by atoms with Crippen LogP contribution in [-0.4, -0.2) is 18.6 Å². The van der Waals surface area contributed by atoms with Crippen LogP contribution >= 0.6 is 0 Å². The van der Waals surface area contributed by atoms with Gasteiger partial charge >= 0.3 is 6.18 Å². The molecular formula is C19H17F3N2O. The summed E-state index contributed by atoms with van der Waals surface area (Å²) in [5.41, 5.74) is 3.39. The molecule has 4 rings (SSSR count). The van der Waals surface area contributed by atoms with Crippen LogP contribution in [0.1, 0.15) is 28.4 Å². The lowest BCUT2D eigenvalue weighted by molar-refractivity contribution is -0.137. The van der Waals surface area contributed by atoms with Crippen LogP contribution in [0.3, 0.4) is 0 Å². The molecule has 0 fully saturated rings. The standard InChI is InChI=1S/C19H17F3N2O/c1-25-13-6-7-16-15(10-13)14-8-9-23-17(18(14)24-16)11-2-4-12(5-3-11)19(20,21)22/h2-7,10,17,23-24H,8-9H2,1H3. The number of methoxy groups -OCH3 is 1. The van der Waals surface area contributed by atoms with Crippen molar-refractivity contribution in [3.63, 3.8) is 0 Å². The van der Waals surface area contributed by atoms with Gasteiger partial charge in [0.2, 0.25) is 0 Å². The number of ether oxygens (including phenoxy) is 1. The average Bonchev–Trinajstić information content (AvgIpc) is 2.99. The summed E-state index contributed by atoms with van der Waals surface area (Å²) >= 11 is 0. The van der Waals surface area contributed by atoms with Gasteiger partial charge in [-0.25, -0.2) is 0 Å². The highest BCUT2D eigenvalue weighted by Gasteiger charge is 2.31. The van der Waals surface area contributed by atoms with E-state index in [9.17, 15) is 13.2 Å². The molecule has 1 aromatic heterocycles. The van der Waals surface area contributed by atoms with E-state index in [2.05, 4.69) is 10.3 Å². The van der Waals surface area contributed by atoms with Crippen molar-refractivity contribution in [2.45, 2.75) is 18.6 Å². The molecule has 0 saturated heterocycles. The molecule has 1 aliphatic rings. The smallest absolute Gasteiger partial charge is 0.416 e. The average molecular weight is 346 g/mol. The SMILES string of the molecule is COc1ccc2[nH]c3c(c2c1)CCNC3c1ccc(C(F)(F)F)cc1. The van der Waals surface area contributed by atoms with Gasteiger partial charge in [-0.15, -0.1) is 0 Å². The fourth-order valence-corrected chi connectivity index (χ4v) is 3.48. The summed E-state index contributed by atoms with van der Waals surface area (Å²) in [5.74, 6) is 0.791. The van der Waals surface area contributed by atoms with Crippen LogP contribution in [0, 0.1) is 0 Å². The lowest BCUT2D eigenvalue weighted by Crippen LogP contribution is -2.30. The molecule has 130 valence electrons. The third kappa shape index (κ3) is 2.76. The summed E-state index contributed by atoms with van der Waals surface area (Å²) in [6.07, 6.45) is -3.46. The van der Waals surface area contributed by atoms with E-state index in [1.807, 2.05) is 18.2 Å². The molecule has 2 N–H and O–H groups in total. The van der Waals surface area contributed by atoms with Gasteiger partial charge in [0.1, 0.15) is 5.75 Å². The van der Waals surface area contributed by atoms with Gasteiger partial charge in [-0.3, -0.25) is 0 Å². The minimum absolute atomic E-state index is 0.149. The molecule has 0 spiro atoms. The molecule has 3 aromatic rings.